The first kappa shape index (κ1) is 14.6. The number of rotatable bonds is 7. The van der Waals surface area contributed by atoms with E-state index < -0.39 is 0 Å². The molecule has 1 amide bonds. The number of nitrogens with zero attached hydrogens (tertiary/aromatic N) is 4. The van der Waals surface area contributed by atoms with E-state index in [0.717, 1.165) is 12.2 Å². The Labute approximate surface area is 112 Å². The van der Waals surface area contributed by atoms with Gasteiger partial charge in [0.25, 0.3) is 0 Å². The maximum atomic E-state index is 11.7. The largest absolute Gasteiger partial charge is 0.345 e. The highest BCUT2D eigenvalue weighted by Crippen LogP contribution is 2.04. The molecule has 1 heterocycles. The average molecular weight is 266 g/mol. The van der Waals surface area contributed by atoms with Crippen molar-refractivity contribution in [1.29, 1.82) is 5.26 Å². The fourth-order valence-electron chi connectivity index (χ4n) is 1.49. The fourth-order valence-corrected chi connectivity index (χ4v) is 2.04. The van der Waals surface area contributed by atoms with E-state index in [1.165, 1.54) is 0 Å². The second-order valence-electron chi connectivity index (χ2n) is 4.19. The lowest BCUT2D eigenvalue weighted by atomic mass is 10.3. The fraction of sp³-hybridized carbons (Fsp3) is 0.583. The molecular formula is C12H18N4OS. The molecule has 18 heavy (non-hydrogen) atoms. The summed E-state index contributed by atoms with van der Waals surface area (Å²) in [4.78, 5) is 19.6. The zero-order valence-electron chi connectivity index (χ0n) is 10.8. The Kier molecular flexibility index (Phi) is 6.33. The number of carbonyl (C=O) groups is 1. The van der Waals surface area contributed by atoms with Gasteiger partial charge in [-0.15, -0.1) is 11.3 Å². The molecule has 98 valence electrons. The van der Waals surface area contributed by atoms with Gasteiger partial charge in [-0.05, 0) is 7.05 Å². The van der Waals surface area contributed by atoms with Crippen molar-refractivity contribution in [2.75, 3.05) is 27.2 Å². The molecule has 0 aromatic carbocycles. The van der Waals surface area contributed by atoms with Gasteiger partial charge < -0.3 is 9.80 Å². The molecule has 0 bridgehead atoms. The van der Waals surface area contributed by atoms with E-state index in [0.29, 0.717) is 25.9 Å². The van der Waals surface area contributed by atoms with Gasteiger partial charge >= 0.3 is 0 Å². The Hall–Kier alpha value is -1.45. The van der Waals surface area contributed by atoms with Crippen LogP contribution in [0.5, 0.6) is 0 Å². The van der Waals surface area contributed by atoms with Crippen molar-refractivity contribution in [3.05, 3.63) is 16.6 Å². The minimum Gasteiger partial charge on any atom is -0.345 e. The van der Waals surface area contributed by atoms with Crippen LogP contribution in [0.2, 0.25) is 0 Å². The van der Waals surface area contributed by atoms with Crippen LogP contribution in [0.3, 0.4) is 0 Å². The second-order valence-corrected chi connectivity index (χ2v) is 4.91. The summed E-state index contributed by atoms with van der Waals surface area (Å²) in [6, 6.07) is 2.04. The molecule has 0 saturated carbocycles. The molecule has 6 heteroatoms. The predicted octanol–water partition coefficient (Wildman–Crippen LogP) is 1.34. The number of hydrogen-bond acceptors (Lipinski definition) is 5. The summed E-state index contributed by atoms with van der Waals surface area (Å²) in [5, 5.41) is 10.5. The first-order valence-electron chi connectivity index (χ1n) is 5.80. The van der Waals surface area contributed by atoms with Crippen LogP contribution in [0, 0.1) is 11.3 Å². The molecule has 0 atom stereocenters. The quantitative estimate of drug-likeness (QED) is 0.747. The van der Waals surface area contributed by atoms with Crippen LogP contribution in [0.4, 0.5) is 0 Å². The van der Waals surface area contributed by atoms with Crippen LogP contribution in [0.15, 0.2) is 10.9 Å². The second kappa shape index (κ2) is 7.80. The summed E-state index contributed by atoms with van der Waals surface area (Å²) in [5.74, 6) is 0.0791. The highest BCUT2D eigenvalue weighted by Gasteiger charge is 2.10. The van der Waals surface area contributed by atoms with Crippen LogP contribution in [0.1, 0.15) is 18.5 Å². The van der Waals surface area contributed by atoms with Gasteiger partial charge in [0.05, 0.1) is 23.7 Å². The van der Waals surface area contributed by atoms with E-state index >= 15 is 0 Å². The minimum absolute atomic E-state index is 0.0791. The first-order chi connectivity index (χ1) is 8.63. The molecule has 1 aromatic rings. The van der Waals surface area contributed by atoms with Gasteiger partial charge in [0.2, 0.25) is 5.91 Å². The Morgan fingerprint density at radius 1 is 1.50 bits per heavy atom. The molecule has 0 radical (unpaired) electrons. The molecule has 0 aliphatic rings. The monoisotopic (exact) mass is 266 g/mol. The average Bonchev–Trinajstić information content (AvgIpc) is 2.85. The molecule has 0 N–H and O–H groups in total. The lowest BCUT2D eigenvalue weighted by molar-refractivity contribution is -0.130. The van der Waals surface area contributed by atoms with Gasteiger partial charge in [0.15, 0.2) is 0 Å². The number of thiazole rings is 1. The summed E-state index contributed by atoms with van der Waals surface area (Å²) >= 11 is 1.58. The highest BCUT2D eigenvalue weighted by atomic mass is 32.1. The van der Waals surface area contributed by atoms with Gasteiger partial charge in [-0.2, -0.15) is 5.26 Å². The van der Waals surface area contributed by atoms with Gasteiger partial charge in [0.1, 0.15) is 0 Å². The van der Waals surface area contributed by atoms with Crippen molar-refractivity contribution in [2.45, 2.75) is 19.4 Å². The topological polar surface area (TPSA) is 60.2 Å². The predicted molar refractivity (Wildman–Crippen MR) is 70.9 cm³/mol. The summed E-state index contributed by atoms with van der Waals surface area (Å²) < 4.78 is 0. The number of carbonyl (C=O) groups excluding carboxylic acids is 1. The van der Waals surface area contributed by atoms with Gasteiger partial charge in [-0.25, -0.2) is 4.98 Å². The van der Waals surface area contributed by atoms with Crippen molar-refractivity contribution in [2.24, 2.45) is 0 Å². The maximum Gasteiger partial charge on any atom is 0.223 e. The molecule has 0 saturated heterocycles. The summed E-state index contributed by atoms with van der Waals surface area (Å²) in [6.45, 7) is 1.97. The lowest BCUT2D eigenvalue weighted by Gasteiger charge is -2.19. The third kappa shape index (κ3) is 5.25. The molecule has 0 aliphatic heterocycles. The van der Waals surface area contributed by atoms with E-state index in [1.807, 2.05) is 24.0 Å². The van der Waals surface area contributed by atoms with Crippen LogP contribution in [-0.2, 0) is 11.3 Å². The van der Waals surface area contributed by atoms with Crippen molar-refractivity contribution < 1.29 is 4.79 Å². The number of nitriles is 1. The molecule has 1 aromatic heterocycles. The molecule has 0 fully saturated rings. The standard InChI is InChI=1S/C12H18N4OS/c1-15(8-11-9-18-10-14-11)7-4-12(17)16(2)6-3-5-13/h9-10H,3-4,6-8H2,1-2H3. The Morgan fingerprint density at radius 2 is 2.28 bits per heavy atom. The normalized spacial score (nSPS) is 10.3. The first-order valence-corrected chi connectivity index (χ1v) is 6.74. The lowest BCUT2D eigenvalue weighted by Crippen LogP contribution is -2.31. The van der Waals surface area contributed by atoms with Crippen LogP contribution in [-0.4, -0.2) is 47.9 Å². The van der Waals surface area contributed by atoms with E-state index in [9.17, 15) is 4.79 Å². The third-order valence-corrected chi connectivity index (χ3v) is 3.24. The van der Waals surface area contributed by atoms with E-state index in [2.05, 4.69) is 9.88 Å². The summed E-state index contributed by atoms with van der Waals surface area (Å²) in [6.07, 6.45) is 0.861. The van der Waals surface area contributed by atoms with Gasteiger partial charge in [-0.1, -0.05) is 0 Å². The molecule has 0 spiro atoms. The number of hydrogen-bond donors (Lipinski definition) is 0. The number of amides is 1. The van der Waals surface area contributed by atoms with Crippen LogP contribution >= 0.6 is 11.3 Å². The van der Waals surface area contributed by atoms with Crippen molar-refractivity contribution >= 4 is 17.2 Å². The van der Waals surface area contributed by atoms with Gasteiger partial charge in [0, 0.05) is 38.5 Å². The number of aromatic nitrogens is 1. The van der Waals surface area contributed by atoms with Crippen molar-refractivity contribution in [1.82, 2.24) is 14.8 Å². The smallest absolute Gasteiger partial charge is 0.223 e. The van der Waals surface area contributed by atoms with Crippen LogP contribution < -0.4 is 0 Å². The van der Waals surface area contributed by atoms with Crippen molar-refractivity contribution in [3.63, 3.8) is 0 Å². The van der Waals surface area contributed by atoms with E-state index in [1.54, 1.807) is 23.3 Å². The summed E-state index contributed by atoms with van der Waals surface area (Å²) in [7, 11) is 3.71. The summed E-state index contributed by atoms with van der Waals surface area (Å²) in [5.41, 5.74) is 2.84. The Bertz CT molecular complexity index is 399. The molecule has 0 unspecified atom stereocenters. The molecule has 0 aliphatic carbocycles. The minimum atomic E-state index is 0.0791. The zero-order chi connectivity index (χ0) is 13.4. The van der Waals surface area contributed by atoms with E-state index in [-0.39, 0.29) is 5.91 Å². The molecule has 5 nitrogen and oxygen atoms in total. The van der Waals surface area contributed by atoms with E-state index in [4.69, 9.17) is 5.26 Å². The maximum absolute atomic E-state index is 11.7. The highest BCUT2D eigenvalue weighted by molar-refractivity contribution is 7.07. The SMILES string of the molecule is CN(CCC(=O)N(C)CCC#N)Cc1cscn1. The third-order valence-electron chi connectivity index (χ3n) is 2.61. The Morgan fingerprint density at radius 3 is 2.89 bits per heavy atom. The zero-order valence-corrected chi connectivity index (χ0v) is 11.6. The van der Waals surface area contributed by atoms with Crippen LogP contribution in [0.25, 0.3) is 0 Å². The molecule has 1 rings (SSSR count). The van der Waals surface area contributed by atoms with Crippen molar-refractivity contribution in [3.8, 4) is 6.07 Å². The Balaban J connectivity index is 2.23. The molecular weight excluding hydrogens is 248 g/mol. The van der Waals surface area contributed by atoms with Gasteiger partial charge in [-0.3, -0.25) is 4.79 Å².